The molecule has 2 N–H and O–H groups in total. The molecule has 1 heterocycles. The van der Waals surface area contributed by atoms with Crippen molar-refractivity contribution in [2.75, 3.05) is 6.54 Å². The molecule has 3 atom stereocenters. The van der Waals surface area contributed by atoms with Crippen molar-refractivity contribution in [1.82, 2.24) is 10.2 Å². The Morgan fingerprint density at radius 3 is 2.68 bits per heavy atom. The number of carbonyl (C=O) groups is 2. The van der Waals surface area contributed by atoms with Crippen LogP contribution in [0.2, 0.25) is 0 Å². The molecule has 5 nitrogen and oxygen atoms in total. The second-order valence-electron chi connectivity index (χ2n) is 5.94. The first-order valence-corrected chi connectivity index (χ1v) is 7.79. The Kier molecular flexibility index (Phi) is 5.55. The number of carbonyl (C=O) groups excluding carboxylic acids is 2. The molecule has 5 heteroatoms. The molecule has 0 bridgehead atoms. The molecular weight excluding hydrogens is 280 g/mol. The third-order valence-electron chi connectivity index (χ3n) is 4.11. The Morgan fingerprint density at radius 1 is 1.36 bits per heavy atom. The number of benzene rings is 1. The van der Waals surface area contributed by atoms with Gasteiger partial charge >= 0.3 is 0 Å². The van der Waals surface area contributed by atoms with E-state index in [1.165, 1.54) is 6.92 Å². The number of hydrogen-bond acceptors (Lipinski definition) is 3. The summed E-state index contributed by atoms with van der Waals surface area (Å²) in [6.45, 7) is 4.01. The van der Waals surface area contributed by atoms with E-state index in [-0.39, 0.29) is 23.9 Å². The van der Waals surface area contributed by atoms with Gasteiger partial charge in [0.1, 0.15) is 6.04 Å². The Bertz CT molecular complexity index is 518. The molecule has 0 spiro atoms. The molecule has 1 fully saturated rings. The summed E-state index contributed by atoms with van der Waals surface area (Å²) in [6, 6.07) is 8.88. The Labute approximate surface area is 131 Å². The van der Waals surface area contributed by atoms with Gasteiger partial charge in [0.15, 0.2) is 0 Å². The number of aliphatic hydroxyl groups is 1. The van der Waals surface area contributed by atoms with Crippen molar-refractivity contribution in [3.05, 3.63) is 35.9 Å². The third kappa shape index (κ3) is 4.07. The lowest BCUT2D eigenvalue weighted by molar-refractivity contribution is -0.137. The average Bonchev–Trinajstić information content (AvgIpc) is 2.97. The van der Waals surface area contributed by atoms with Gasteiger partial charge in [0.2, 0.25) is 11.8 Å². The van der Waals surface area contributed by atoms with Gasteiger partial charge in [0.25, 0.3) is 0 Å². The van der Waals surface area contributed by atoms with Crippen molar-refractivity contribution in [2.24, 2.45) is 0 Å². The SMILES string of the molecule is CC(=O)N1CCC[C@@H]1C(=O)N[C@@H](C)C[C@H](O)c1ccccc1. The quantitative estimate of drug-likeness (QED) is 0.868. The first-order valence-electron chi connectivity index (χ1n) is 7.79. The average molecular weight is 304 g/mol. The predicted molar refractivity (Wildman–Crippen MR) is 84.0 cm³/mol. The van der Waals surface area contributed by atoms with Crippen molar-refractivity contribution in [3.63, 3.8) is 0 Å². The van der Waals surface area contributed by atoms with Gasteiger partial charge in [-0.1, -0.05) is 30.3 Å². The van der Waals surface area contributed by atoms with Crippen LogP contribution in [0.3, 0.4) is 0 Å². The number of amides is 2. The largest absolute Gasteiger partial charge is 0.388 e. The van der Waals surface area contributed by atoms with E-state index >= 15 is 0 Å². The smallest absolute Gasteiger partial charge is 0.243 e. The van der Waals surface area contributed by atoms with Gasteiger partial charge in [-0.05, 0) is 31.7 Å². The van der Waals surface area contributed by atoms with Gasteiger partial charge < -0.3 is 15.3 Å². The Balaban J connectivity index is 1.87. The number of likely N-dealkylation sites (tertiary alicyclic amines) is 1. The van der Waals surface area contributed by atoms with Gasteiger partial charge in [-0.2, -0.15) is 0 Å². The highest BCUT2D eigenvalue weighted by atomic mass is 16.3. The molecule has 22 heavy (non-hydrogen) atoms. The second kappa shape index (κ2) is 7.40. The fraction of sp³-hybridized carbons (Fsp3) is 0.529. The summed E-state index contributed by atoms with van der Waals surface area (Å²) in [4.78, 5) is 25.4. The number of hydrogen-bond donors (Lipinski definition) is 2. The molecule has 1 aliphatic rings. The van der Waals surface area contributed by atoms with Gasteiger partial charge in [-0.3, -0.25) is 9.59 Å². The Morgan fingerprint density at radius 2 is 2.05 bits per heavy atom. The van der Waals surface area contributed by atoms with Crippen LogP contribution in [-0.4, -0.2) is 40.4 Å². The van der Waals surface area contributed by atoms with Gasteiger partial charge in [0.05, 0.1) is 6.10 Å². The first-order chi connectivity index (χ1) is 10.5. The zero-order valence-corrected chi connectivity index (χ0v) is 13.2. The minimum Gasteiger partial charge on any atom is -0.388 e. The van der Waals surface area contributed by atoms with E-state index in [0.717, 1.165) is 12.0 Å². The molecular formula is C17H24N2O3. The molecule has 0 saturated carbocycles. The van der Waals surface area contributed by atoms with Crippen molar-refractivity contribution in [1.29, 1.82) is 0 Å². The summed E-state index contributed by atoms with van der Waals surface area (Å²) in [5.74, 6) is -0.185. The monoisotopic (exact) mass is 304 g/mol. The van der Waals surface area contributed by atoms with Gasteiger partial charge in [-0.25, -0.2) is 0 Å². The minimum absolute atomic E-state index is 0.0605. The second-order valence-corrected chi connectivity index (χ2v) is 5.94. The van der Waals surface area contributed by atoms with E-state index < -0.39 is 6.10 Å². The van der Waals surface area contributed by atoms with Crippen LogP contribution < -0.4 is 5.32 Å². The van der Waals surface area contributed by atoms with E-state index in [1.807, 2.05) is 37.3 Å². The highest BCUT2D eigenvalue weighted by Crippen LogP contribution is 2.20. The van der Waals surface area contributed by atoms with E-state index in [9.17, 15) is 14.7 Å². The van der Waals surface area contributed by atoms with Crippen LogP contribution in [0.1, 0.15) is 44.8 Å². The third-order valence-corrected chi connectivity index (χ3v) is 4.11. The molecule has 1 aromatic rings. The first kappa shape index (κ1) is 16.5. The summed E-state index contributed by atoms with van der Waals surface area (Å²) >= 11 is 0. The summed E-state index contributed by atoms with van der Waals surface area (Å²) in [7, 11) is 0. The molecule has 2 amide bonds. The highest BCUT2D eigenvalue weighted by Gasteiger charge is 2.32. The van der Waals surface area contributed by atoms with Gasteiger partial charge in [-0.15, -0.1) is 0 Å². The maximum absolute atomic E-state index is 12.3. The molecule has 0 aromatic heterocycles. The van der Waals surface area contributed by atoms with Crippen molar-refractivity contribution in [3.8, 4) is 0 Å². The fourth-order valence-electron chi connectivity index (χ4n) is 2.96. The zero-order chi connectivity index (χ0) is 16.1. The minimum atomic E-state index is -0.607. The van der Waals surface area contributed by atoms with Crippen LogP contribution in [0.25, 0.3) is 0 Å². The topological polar surface area (TPSA) is 69.6 Å². The fourth-order valence-corrected chi connectivity index (χ4v) is 2.96. The summed E-state index contributed by atoms with van der Waals surface area (Å²) in [5.41, 5.74) is 0.842. The van der Waals surface area contributed by atoms with Crippen LogP contribution in [0.4, 0.5) is 0 Å². The van der Waals surface area contributed by atoms with E-state index in [2.05, 4.69) is 5.32 Å². The van der Waals surface area contributed by atoms with Gasteiger partial charge in [0, 0.05) is 19.5 Å². The van der Waals surface area contributed by atoms with Crippen LogP contribution >= 0.6 is 0 Å². The molecule has 1 saturated heterocycles. The molecule has 0 radical (unpaired) electrons. The predicted octanol–water partition coefficient (Wildman–Crippen LogP) is 1.63. The van der Waals surface area contributed by atoms with Crippen molar-refractivity contribution < 1.29 is 14.7 Å². The summed E-state index contributed by atoms with van der Waals surface area (Å²) in [5, 5.41) is 13.1. The Hall–Kier alpha value is -1.88. The van der Waals surface area contributed by atoms with E-state index in [0.29, 0.717) is 19.4 Å². The van der Waals surface area contributed by atoms with Crippen LogP contribution in [0.5, 0.6) is 0 Å². The van der Waals surface area contributed by atoms with Crippen LogP contribution in [-0.2, 0) is 9.59 Å². The zero-order valence-electron chi connectivity index (χ0n) is 13.2. The lowest BCUT2D eigenvalue weighted by atomic mass is 10.0. The molecule has 1 aromatic carbocycles. The summed E-state index contributed by atoms with van der Waals surface area (Å²) < 4.78 is 0. The van der Waals surface area contributed by atoms with E-state index in [4.69, 9.17) is 0 Å². The number of rotatable bonds is 5. The standard InChI is InChI=1S/C17H24N2O3/c1-12(11-16(21)14-7-4-3-5-8-14)18-17(22)15-9-6-10-19(15)13(2)20/h3-5,7-8,12,15-16,21H,6,9-11H2,1-2H3,(H,18,22)/t12-,15+,16-/m0/s1. The van der Waals surface area contributed by atoms with Crippen molar-refractivity contribution in [2.45, 2.75) is 51.3 Å². The molecule has 120 valence electrons. The maximum Gasteiger partial charge on any atom is 0.243 e. The lowest BCUT2D eigenvalue weighted by Gasteiger charge is -2.25. The van der Waals surface area contributed by atoms with Crippen LogP contribution in [0, 0.1) is 0 Å². The van der Waals surface area contributed by atoms with E-state index in [1.54, 1.807) is 4.90 Å². The lowest BCUT2D eigenvalue weighted by Crippen LogP contribution is -2.47. The molecule has 0 unspecified atom stereocenters. The molecule has 2 rings (SSSR count). The molecule has 1 aliphatic heterocycles. The summed E-state index contributed by atoms with van der Waals surface area (Å²) in [6.07, 6.45) is 1.41. The number of nitrogens with zero attached hydrogens (tertiary/aromatic N) is 1. The highest BCUT2D eigenvalue weighted by molar-refractivity contribution is 5.87. The normalized spacial score (nSPS) is 20.5. The number of nitrogens with one attached hydrogen (secondary N) is 1. The number of aliphatic hydroxyl groups excluding tert-OH is 1. The maximum atomic E-state index is 12.3. The van der Waals surface area contributed by atoms with Crippen LogP contribution in [0.15, 0.2) is 30.3 Å². The van der Waals surface area contributed by atoms with Crippen molar-refractivity contribution >= 4 is 11.8 Å². The molecule has 0 aliphatic carbocycles.